The first-order valence-corrected chi connectivity index (χ1v) is 10.1. The van der Waals surface area contributed by atoms with Crippen molar-refractivity contribution in [3.05, 3.63) is 65.7 Å². The van der Waals surface area contributed by atoms with Gasteiger partial charge in [-0.25, -0.2) is 4.39 Å². The molecule has 7 heteroatoms. The lowest BCUT2D eigenvalue weighted by Gasteiger charge is -2.29. The molecule has 2 N–H and O–H groups in total. The van der Waals surface area contributed by atoms with Gasteiger partial charge in [0.1, 0.15) is 11.6 Å². The Bertz CT molecular complexity index is 1030. The molecule has 1 aliphatic rings. The fourth-order valence-electron chi connectivity index (χ4n) is 3.76. The number of nitrogen functional groups attached to an aromatic ring is 1. The summed E-state index contributed by atoms with van der Waals surface area (Å²) >= 11 is 0. The molecular formula is C23H26FN5O. The molecule has 0 radical (unpaired) electrons. The van der Waals surface area contributed by atoms with Crippen LogP contribution in [0.5, 0.6) is 0 Å². The Kier molecular flexibility index (Phi) is 5.63. The molecule has 0 saturated carbocycles. The van der Waals surface area contributed by atoms with Gasteiger partial charge in [0.25, 0.3) is 0 Å². The summed E-state index contributed by atoms with van der Waals surface area (Å²) in [4.78, 5) is 15.6. The molecule has 2 heterocycles. The van der Waals surface area contributed by atoms with Crippen LogP contribution in [0.2, 0.25) is 0 Å². The van der Waals surface area contributed by atoms with Gasteiger partial charge < -0.3 is 15.4 Å². The number of hydrogen-bond acceptors (Lipinski definition) is 6. The first kappa shape index (κ1) is 20.2. The van der Waals surface area contributed by atoms with Gasteiger partial charge in [0.15, 0.2) is 0 Å². The second-order valence-electron chi connectivity index (χ2n) is 8.11. The fraction of sp³-hybridized carbons (Fsp3) is 0.348. The third-order valence-corrected chi connectivity index (χ3v) is 5.35. The molecule has 156 valence electrons. The van der Waals surface area contributed by atoms with E-state index in [2.05, 4.69) is 28.7 Å². The van der Waals surface area contributed by atoms with Crippen molar-refractivity contribution in [2.75, 3.05) is 36.9 Å². The smallest absolute Gasteiger partial charge is 0.230 e. The van der Waals surface area contributed by atoms with Crippen LogP contribution in [-0.4, -0.2) is 41.3 Å². The van der Waals surface area contributed by atoms with Crippen LogP contribution < -0.4 is 10.6 Å². The largest absolute Gasteiger partial charge is 0.378 e. The van der Waals surface area contributed by atoms with Gasteiger partial charge in [-0.15, -0.1) is 0 Å². The minimum atomic E-state index is -0.431. The van der Waals surface area contributed by atoms with E-state index in [0.29, 0.717) is 37.0 Å². The molecule has 1 aromatic heterocycles. The van der Waals surface area contributed by atoms with E-state index < -0.39 is 5.41 Å². The van der Waals surface area contributed by atoms with E-state index >= 15 is 0 Å². The molecule has 30 heavy (non-hydrogen) atoms. The second-order valence-corrected chi connectivity index (χ2v) is 8.11. The number of ether oxygens (including phenoxy) is 1. The van der Waals surface area contributed by atoms with Gasteiger partial charge >= 0.3 is 0 Å². The minimum Gasteiger partial charge on any atom is -0.378 e. The third kappa shape index (κ3) is 4.26. The van der Waals surface area contributed by atoms with Crippen molar-refractivity contribution in [1.82, 2.24) is 15.0 Å². The Labute approximate surface area is 175 Å². The minimum absolute atomic E-state index is 0.206. The van der Waals surface area contributed by atoms with E-state index in [9.17, 15) is 4.39 Å². The van der Waals surface area contributed by atoms with Crippen molar-refractivity contribution in [1.29, 1.82) is 0 Å². The molecule has 1 fully saturated rings. The maximum atomic E-state index is 14.5. The molecule has 0 atom stereocenters. The van der Waals surface area contributed by atoms with Crippen molar-refractivity contribution in [3.63, 3.8) is 0 Å². The van der Waals surface area contributed by atoms with Crippen LogP contribution >= 0.6 is 0 Å². The molecule has 0 aliphatic carbocycles. The Balaban J connectivity index is 1.67. The molecular weight excluding hydrogens is 381 g/mol. The van der Waals surface area contributed by atoms with E-state index in [-0.39, 0.29) is 11.8 Å². The topological polar surface area (TPSA) is 77.2 Å². The van der Waals surface area contributed by atoms with Gasteiger partial charge in [-0.3, -0.25) is 0 Å². The van der Waals surface area contributed by atoms with Crippen molar-refractivity contribution < 1.29 is 9.13 Å². The number of rotatable bonds is 5. The number of nitrogens with two attached hydrogens (primary N) is 1. The van der Waals surface area contributed by atoms with Gasteiger partial charge in [0.2, 0.25) is 11.9 Å². The molecule has 1 saturated heterocycles. The van der Waals surface area contributed by atoms with Crippen LogP contribution in [0.1, 0.15) is 25.2 Å². The first-order chi connectivity index (χ1) is 14.4. The SMILES string of the molecule is CC(C)(Cc1ccccc1-c1ccccc1F)c1nc(N)nc(N2CCOCC2)n1. The predicted octanol–water partition coefficient (Wildman–Crippen LogP) is 3.62. The van der Waals surface area contributed by atoms with Crippen molar-refractivity contribution in [2.45, 2.75) is 25.7 Å². The lowest BCUT2D eigenvalue weighted by Crippen LogP contribution is -2.38. The lowest BCUT2D eigenvalue weighted by molar-refractivity contribution is 0.122. The van der Waals surface area contributed by atoms with Crippen molar-refractivity contribution >= 4 is 11.9 Å². The van der Waals surface area contributed by atoms with Crippen LogP contribution in [0, 0.1) is 5.82 Å². The molecule has 2 aromatic carbocycles. The summed E-state index contributed by atoms with van der Waals surface area (Å²) in [5.74, 6) is 1.18. The van der Waals surface area contributed by atoms with Gasteiger partial charge in [0, 0.05) is 24.1 Å². The Morgan fingerprint density at radius 1 is 0.967 bits per heavy atom. The molecule has 0 spiro atoms. The first-order valence-electron chi connectivity index (χ1n) is 10.1. The summed E-state index contributed by atoms with van der Waals surface area (Å²) in [7, 11) is 0. The summed E-state index contributed by atoms with van der Waals surface area (Å²) in [6.07, 6.45) is 0.628. The Hall–Kier alpha value is -3.06. The van der Waals surface area contributed by atoms with Crippen LogP contribution in [0.3, 0.4) is 0 Å². The Morgan fingerprint density at radius 3 is 2.37 bits per heavy atom. The molecule has 0 amide bonds. The number of aromatic nitrogens is 3. The normalized spacial score (nSPS) is 14.7. The van der Waals surface area contributed by atoms with Crippen LogP contribution in [-0.2, 0) is 16.6 Å². The third-order valence-electron chi connectivity index (χ3n) is 5.35. The summed E-state index contributed by atoms with van der Waals surface area (Å²) in [5.41, 5.74) is 8.09. The van der Waals surface area contributed by atoms with E-state index in [1.807, 2.05) is 30.3 Å². The monoisotopic (exact) mass is 407 g/mol. The number of hydrogen-bond donors (Lipinski definition) is 1. The summed E-state index contributed by atoms with van der Waals surface area (Å²) in [6.45, 7) is 6.87. The summed E-state index contributed by atoms with van der Waals surface area (Å²) in [5, 5.41) is 0. The standard InChI is InChI=1S/C23H26FN5O/c1-23(2,20-26-21(25)28-22(27-20)29-11-13-30-14-12-29)15-16-7-3-4-8-17(16)18-9-5-6-10-19(18)24/h3-10H,11-15H2,1-2H3,(H2,25,26,27,28). The maximum absolute atomic E-state index is 14.5. The van der Waals surface area contributed by atoms with Crippen molar-refractivity contribution in [2.24, 2.45) is 0 Å². The highest BCUT2D eigenvalue weighted by atomic mass is 19.1. The summed E-state index contributed by atoms with van der Waals surface area (Å²) < 4.78 is 19.9. The van der Waals surface area contributed by atoms with Gasteiger partial charge in [-0.1, -0.05) is 56.3 Å². The molecule has 4 rings (SSSR count). The van der Waals surface area contributed by atoms with Gasteiger partial charge in [-0.2, -0.15) is 15.0 Å². The summed E-state index contributed by atoms with van der Waals surface area (Å²) in [6, 6.07) is 14.7. The van der Waals surface area contributed by atoms with E-state index in [1.165, 1.54) is 6.07 Å². The molecule has 6 nitrogen and oxygen atoms in total. The lowest BCUT2D eigenvalue weighted by atomic mass is 9.82. The van der Waals surface area contributed by atoms with E-state index in [0.717, 1.165) is 24.2 Å². The Morgan fingerprint density at radius 2 is 1.63 bits per heavy atom. The highest BCUT2D eigenvalue weighted by Gasteiger charge is 2.28. The molecule has 1 aliphatic heterocycles. The van der Waals surface area contributed by atoms with E-state index in [4.69, 9.17) is 15.5 Å². The van der Waals surface area contributed by atoms with E-state index in [1.54, 1.807) is 12.1 Å². The number of benzene rings is 2. The van der Waals surface area contributed by atoms with Crippen molar-refractivity contribution in [3.8, 4) is 11.1 Å². The average Bonchev–Trinajstić information content (AvgIpc) is 2.75. The maximum Gasteiger partial charge on any atom is 0.230 e. The van der Waals surface area contributed by atoms with Crippen LogP contribution in [0.15, 0.2) is 48.5 Å². The predicted molar refractivity (Wildman–Crippen MR) is 116 cm³/mol. The zero-order chi connectivity index (χ0) is 21.1. The van der Waals surface area contributed by atoms with Gasteiger partial charge in [-0.05, 0) is 23.6 Å². The molecule has 0 unspecified atom stereocenters. The number of morpholine rings is 1. The highest BCUT2D eigenvalue weighted by Crippen LogP contribution is 2.33. The molecule has 0 bridgehead atoms. The number of anilines is 2. The fourth-order valence-corrected chi connectivity index (χ4v) is 3.76. The average molecular weight is 407 g/mol. The highest BCUT2D eigenvalue weighted by molar-refractivity contribution is 5.68. The number of nitrogens with zero attached hydrogens (tertiary/aromatic N) is 4. The van der Waals surface area contributed by atoms with Crippen LogP contribution in [0.25, 0.3) is 11.1 Å². The zero-order valence-corrected chi connectivity index (χ0v) is 17.3. The zero-order valence-electron chi connectivity index (χ0n) is 17.3. The van der Waals surface area contributed by atoms with Gasteiger partial charge in [0.05, 0.1) is 13.2 Å². The molecule has 3 aromatic rings. The second kappa shape index (κ2) is 8.36. The van der Waals surface area contributed by atoms with Crippen LogP contribution in [0.4, 0.5) is 16.3 Å². The number of halogens is 1. The quantitative estimate of drug-likeness (QED) is 0.696.